The first kappa shape index (κ1) is 22.7. The molecule has 1 heterocycles. The van der Waals surface area contributed by atoms with E-state index in [0.717, 1.165) is 11.3 Å². The molecule has 0 saturated heterocycles. The number of nitrogens with zero attached hydrogens (tertiary/aromatic N) is 1. The lowest BCUT2D eigenvalue weighted by molar-refractivity contribution is 0.394. The van der Waals surface area contributed by atoms with Gasteiger partial charge in [-0.25, -0.2) is 9.37 Å². The van der Waals surface area contributed by atoms with Crippen molar-refractivity contribution in [1.29, 1.82) is 0 Å². The first-order valence-electron chi connectivity index (χ1n) is 9.33. The summed E-state index contributed by atoms with van der Waals surface area (Å²) in [5.41, 5.74) is 9.17. The maximum Gasteiger partial charge on any atom is 0.141 e. The van der Waals surface area contributed by atoms with Crippen molar-refractivity contribution in [2.24, 2.45) is 0 Å². The van der Waals surface area contributed by atoms with Crippen molar-refractivity contribution in [2.75, 3.05) is 25.3 Å². The van der Waals surface area contributed by atoms with Crippen LogP contribution in [0.2, 0.25) is 10.0 Å². The number of aryl methyl sites for hydroxylation is 1. The van der Waals surface area contributed by atoms with Gasteiger partial charge in [0.2, 0.25) is 0 Å². The molecule has 0 atom stereocenters. The fraction of sp³-hybridized carbons (Fsp3) is 0.174. The number of anilines is 3. The minimum Gasteiger partial charge on any atom is -0.495 e. The van der Waals surface area contributed by atoms with E-state index < -0.39 is 5.83 Å². The summed E-state index contributed by atoms with van der Waals surface area (Å²) in [5, 5.41) is 3.56. The molecule has 3 N–H and O–H groups in total. The molecular formula is C23H22Cl2FN3O2. The zero-order valence-corrected chi connectivity index (χ0v) is 19.0. The molecule has 2 aromatic carbocycles. The van der Waals surface area contributed by atoms with Gasteiger partial charge in [0.05, 0.1) is 35.6 Å². The monoisotopic (exact) mass is 461 g/mol. The molecule has 0 spiro atoms. The van der Waals surface area contributed by atoms with Gasteiger partial charge in [0, 0.05) is 23.4 Å². The lowest BCUT2D eigenvalue weighted by Crippen LogP contribution is -2.00. The Hall–Kier alpha value is -2.96. The summed E-state index contributed by atoms with van der Waals surface area (Å²) in [6.45, 7) is 3.52. The average Bonchev–Trinajstić information content (AvgIpc) is 2.76. The van der Waals surface area contributed by atoms with Crippen molar-refractivity contribution in [3.05, 3.63) is 69.3 Å². The van der Waals surface area contributed by atoms with Crippen LogP contribution in [0.25, 0.3) is 11.4 Å². The summed E-state index contributed by atoms with van der Waals surface area (Å²) < 4.78 is 25.9. The Bertz CT molecular complexity index is 1100. The lowest BCUT2D eigenvalue weighted by atomic mass is 10.0. The molecule has 0 fully saturated rings. The number of nitrogen functional groups attached to an aromatic ring is 1. The summed E-state index contributed by atoms with van der Waals surface area (Å²) in [4.78, 5) is 4.31. The molecule has 5 nitrogen and oxygen atoms in total. The van der Waals surface area contributed by atoms with E-state index in [1.165, 1.54) is 20.4 Å². The Balaban J connectivity index is 1.98. The van der Waals surface area contributed by atoms with Crippen molar-refractivity contribution in [3.63, 3.8) is 0 Å². The average molecular weight is 462 g/mol. The number of pyridine rings is 1. The van der Waals surface area contributed by atoms with Crippen molar-refractivity contribution < 1.29 is 13.9 Å². The molecule has 0 aliphatic heterocycles. The van der Waals surface area contributed by atoms with Crippen LogP contribution in [-0.2, 0) is 0 Å². The number of nitrogens with one attached hydrogen (secondary N) is 1. The summed E-state index contributed by atoms with van der Waals surface area (Å²) in [5.74, 6) is 0.681. The molecule has 0 saturated carbocycles. The largest absolute Gasteiger partial charge is 0.495 e. The highest BCUT2D eigenvalue weighted by atomic mass is 35.5. The summed E-state index contributed by atoms with van der Waals surface area (Å²) in [7, 11) is 2.93. The number of hydrogen-bond acceptors (Lipinski definition) is 5. The molecule has 3 aromatic rings. The fourth-order valence-electron chi connectivity index (χ4n) is 3.13. The van der Waals surface area contributed by atoms with Crippen LogP contribution >= 0.6 is 23.2 Å². The Morgan fingerprint density at radius 2 is 1.71 bits per heavy atom. The second-order valence-corrected chi connectivity index (χ2v) is 7.58. The third kappa shape index (κ3) is 4.55. The van der Waals surface area contributed by atoms with Crippen molar-refractivity contribution in [1.82, 2.24) is 4.98 Å². The van der Waals surface area contributed by atoms with E-state index in [0.29, 0.717) is 28.6 Å². The summed E-state index contributed by atoms with van der Waals surface area (Å²) in [6.07, 6.45) is 1.43. The molecule has 0 amide bonds. The number of ether oxygens (including phenoxy) is 2. The van der Waals surface area contributed by atoms with E-state index in [2.05, 4.69) is 10.3 Å². The van der Waals surface area contributed by atoms with Gasteiger partial charge in [-0.15, -0.1) is 0 Å². The molecule has 31 heavy (non-hydrogen) atoms. The Morgan fingerprint density at radius 1 is 1.06 bits per heavy atom. The molecule has 0 aliphatic carbocycles. The summed E-state index contributed by atoms with van der Waals surface area (Å²) in [6, 6.07) is 10.4. The first-order chi connectivity index (χ1) is 14.8. The van der Waals surface area contributed by atoms with E-state index >= 15 is 4.39 Å². The third-order valence-electron chi connectivity index (χ3n) is 4.85. The van der Waals surface area contributed by atoms with Crippen LogP contribution in [0.3, 0.4) is 0 Å². The molecule has 0 bridgehead atoms. The van der Waals surface area contributed by atoms with Gasteiger partial charge in [0.1, 0.15) is 23.1 Å². The quantitative estimate of drug-likeness (QED) is 0.390. The molecule has 1 aromatic heterocycles. The molecule has 162 valence electrons. The Kier molecular flexibility index (Phi) is 6.93. The van der Waals surface area contributed by atoms with Crippen LogP contribution in [0.1, 0.15) is 23.6 Å². The molecule has 0 radical (unpaired) electrons. The predicted octanol–water partition coefficient (Wildman–Crippen LogP) is 6.90. The van der Waals surface area contributed by atoms with Crippen molar-refractivity contribution in [2.45, 2.75) is 13.8 Å². The van der Waals surface area contributed by atoms with Gasteiger partial charge in [-0.3, -0.25) is 0 Å². The Morgan fingerprint density at radius 3 is 2.23 bits per heavy atom. The highest BCUT2D eigenvalue weighted by molar-refractivity contribution is 6.39. The van der Waals surface area contributed by atoms with Gasteiger partial charge >= 0.3 is 0 Å². The van der Waals surface area contributed by atoms with E-state index in [4.69, 9.17) is 38.4 Å². The van der Waals surface area contributed by atoms with Crippen LogP contribution in [0.5, 0.6) is 11.5 Å². The molecule has 0 unspecified atom stereocenters. The number of nitrogens with two attached hydrogens (primary N) is 1. The van der Waals surface area contributed by atoms with Crippen molar-refractivity contribution in [3.8, 4) is 11.5 Å². The molecule has 8 heteroatoms. The minimum absolute atomic E-state index is 0.197. The zero-order chi connectivity index (χ0) is 22.7. The topological polar surface area (TPSA) is 69.4 Å². The van der Waals surface area contributed by atoms with Gasteiger partial charge in [0.25, 0.3) is 0 Å². The Labute approximate surface area is 190 Å². The third-order valence-corrected chi connectivity index (χ3v) is 5.60. The van der Waals surface area contributed by atoms with E-state index in [1.54, 1.807) is 31.2 Å². The van der Waals surface area contributed by atoms with E-state index in [1.807, 2.05) is 19.1 Å². The van der Waals surface area contributed by atoms with E-state index in [9.17, 15) is 0 Å². The number of benzene rings is 2. The van der Waals surface area contributed by atoms with E-state index in [-0.39, 0.29) is 21.2 Å². The maximum atomic E-state index is 15.3. The van der Waals surface area contributed by atoms with Gasteiger partial charge in [-0.2, -0.15) is 0 Å². The number of allylic oxidation sites excluding steroid dienone is 1. The second-order valence-electron chi connectivity index (χ2n) is 6.82. The smallest absolute Gasteiger partial charge is 0.141 e. The van der Waals surface area contributed by atoms with Crippen molar-refractivity contribution >= 4 is 51.8 Å². The number of aromatic nitrogens is 1. The SMILES string of the molecule is COc1cc(OC)c(Cl)c(/C(C)=C(\F)c2ccc(Nc3c(C)cccc3N)nc2)c1Cl. The van der Waals surface area contributed by atoms with Gasteiger partial charge in [-0.1, -0.05) is 35.3 Å². The summed E-state index contributed by atoms with van der Waals surface area (Å²) >= 11 is 12.8. The zero-order valence-electron chi connectivity index (χ0n) is 17.5. The molecular weight excluding hydrogens is 440 g/mol. The van der Waals surface area contributed by atoms with Crippen LogP contribution in [-0.4, -0.2) is 19.2 Å². The minimum atomic E-state index is -0.520. The highest BCUT2D eigenvalue weighted by Gasteiger charge is 2.21. The number of rotatable bonds is 6. The van der Waals surface area contributed by atoms with Gasteiger partial charge in [-0.05, 0) is 43.2 Å². The van der Waals surface area contributed by atoms with Crippen LogP contribution < -0.4 is 20.5 Å². The van der Waals surface area contributed by atoms with Gasteiger partial charge < -0.3 is 20.5 Å². The predicted molar refractivity (Wildman–Crippen MR) is 126 cm³/mol. The highest BCUT2D eigenvalue weighted by Crippen LogP contribution is 2.45. The fourth-order valence-corrected chi connectivity index (χ4v) is 3.91. The first-order valence-corrected chi connectivity index (χ1v) is 10.1. The molecule has 3 rings (SSSR count). The number of para-hydroxylation sites is 1. The number of halogens is 3. The van der Waals surface area contributed by atoms with Crippen LogP contribution in [0.4, 0.5) is 21.6 Å². The maximum absolute atomic E-state index is 15.3. The van der Waals surface area contributed by atoms with Gasteiger partial charge in [0.15, 0.2) is 0 Å². The second kappa shape index (κ2) is 9.45. The standard InChI is InChI=1S/C23H22Cl2FN3O2/c1-12-6-5-7-15(27)23(12)29-18-9-8-14(11-28-18)22(26)13(2)19-20(24)16(30-3)10-17(31-4)21(19)25/h5-11H,27H2,1-4H3,(H,28,29)/b22-13-. The number of hydrogen-bond donors (Lipinski definition) is 2. The normalized spacial score (nSPS) is 11.7. The number of methoxy groups -OCH3 is 2. The lowest BCUT2D eigenvalue weighted by Gasteiger charge is -2.16. The van der Waals surface area contributed by atoms with Crippen LogP contribution in [0.15, 0.2) is 42.6 Å². The van der Waals surface area contributed by atoms with Crippen LogP contribution in [0, 0.1) is 6.92 Å². The molecule has 0 aliphatic rings.